The van der Waals surface area contributed by atoms with Crippen LogP contribution in [0.1, 0.15) is 11.1 Å². The van der Waals surface area contributed by atoms with Crippen LogP contribution >= 0.6 is 0 Å². The van der Waals surface area contributed by atoms with Crippen molar-refractivity contribution in [3.63, 3.8) is 0 Å². The normalized spacial score (nSPS) is 10.1. The van der Waals surface area contributed by atoms with Crippen LogP contribution in [0.3, 0.4) is 0 Å². The molecule has 2 N–H and O–H groups in total. The second kappa shape index (κ2) is 9.41. The van der Waals surface area contributed by atoms with Crippen LogP contribution in [0.4, 0.5) is 4.39 Å². The summed E-state index contributed by atoms with van der Waals surface area (Å²) >= 11 is 0. The molecule has 0 bridgehead atoms. The van der Waals surface area contributed by atoms with Gasteiger partial charge in [0.2, 0.25) is 11.8 Å². The minimum absolute atomic E-state index is 0.0665. The SMILES string of the molecule is COc1ccc(CC(=O)NCC(=O)NCc2ccccc2F)cc1OC. The number of amides is 2. The molecule has 0 aliphatic heterocycles. The Labute approximate surface area is 151 Å². The predicted molar refractivity (Wildman–Crippen MR) is 94.5 cm³/mol. The van der Waals surface area contributed by atoms with Gasteiger partial charge >= 0.3 is 0 Å². The first-order valence-electron chi connectivity index (χ1n) is 8.01. The number of ether oxygens (including phenoxy) is 2. The molecule has 7 heteroatoms. The first-order valence-corrected chi connectivity index (χ1v) is 8.01. The second-order valence-electron chi connectivity index (χ2n) is 5.51. The van der Waals surface area contributed by atoms with Gasteiger partial charge in [-0.25, -0.2) is 4.39 Å². The van der Waals surface area contributed by atoms with Gasteiger partial charge in [0.15, 0.2) is 11.5 Å². The predicted octanol–water partition coefficient (Wildman–Crippen LogP) is 1.82. The van der Waals surface area contributed by atoms with Gasteiger partial charge in [0.05, 0.1) is 27.2 Å². The first kappa shape index (κ1) is 19.2. The molecule has 2 amide bonds. The molecular weight excluding hydrogens is 339 g/mol. The van der Waals surface area contributed by atoms with Crippen molar-refractivity contribution in [2.75, 3.05) is 20.8 Å². The van der Waals surface area contributed by atoms with E-state index in [4.69, 9.17) is 9.47 Å². The minimum Gasteiger partial charge on any atom is -0.493 e. The molecule has 0 aromatic heterocycles. The highest BCUT2D eigenvalue weighted by atomic mass is 19.1. The Kier molecular flexibility index (Phi) is 6.96. The summed E-state index contributed by atoms with van der Waals surface area (Å²) in [6.45, 7) is -0.113. The summed E-state index contributed by atoms with van der Waals surface area (Å²) in [4.78, 5) is 23.8. The minimum atomic E-state index is -0.395. The van der Waals surface area contributed by atoms with Gasteiger partial charge in [-0.3, -0.25) is 9.59 Å². The van der Waals surface area contributed by atoms with Crippen LogP contribution in [0.15, 0.2) is 42.5 Å². The zero-order valence-corrected chi connectivity index (χ0v) is 14.7. The molecule has 26 heavy (non-hydrogen) atoms. The standard InChI is InChI=1S/C19H21FN2O4/c1-25-16-8-7-13(9-17(16)26-2)10-18(23)22-12-19(24)21-11-14-5-3-4-6-15(14)20/h3-9H,10-12H2,1-2H3,(H,21,24)(H,22,23). The Morgan fingerprint density at radius 3 is 2.38 bits per heavy atom. The fraction of sp³-hybridized carbons (Fsp3) is 0.263. The average Bonchev–Trinajstić information content (AvgIpc) is 2.65. The maximum atomic E-state index is 13.5. The first-order chi connectivity index (χ1) is 12.5. The second-order valence-corrected chi connectivity index (χ2v) is 5.51. The van der Waals surface area contributed by atoms with E-state index in [0.29, 0.717) is 17.1 Å². The molecule has 0 unspecified atom stereocenters. The third-order valence-corrected chi connectivity index (χ3v) is 3.69. The lowest BCUT2D eigenvalue weighted by Gasteiger charge is -2.10. The number of benzene rings is 2. The summed E-state index contributed by atoms with van der Waals surface area (Å²) in [5.41, 5.74) is 1.12. The van der Waals surface area contributed by atoms with Crippen molar-refractivity contribution in [1.82, 2.24) is 10.6 Å². The van der Waals surface area contributed by atoms with Crippen molar-refractivity contribution in [2.24, 2.45) is 0 Å². The largest absolute Gasteiger partial charge is 0.493 e. The van der Waals surface area contributed by atoms with E-state index >= 15 is 0 Å². The van der Waals surface area contributed by atoms with Crippen LogP contribution in [0.5, 0.6) is 11.5 Å². The van der Waals surface area contributed by atoms with Crippen molar-refractivity contribution >= 4 is 11.8 Å². The highest BCUT2D eigenvalue weighted by Crippen LogP contribution is 2.27. The smallest absolute Gasteiger partial charge is 0.239 e. The van der Waals surface area contributed by atoms with Crippen molar-refractivity contribution < 1.29 is 23.5 Å². The number of rotatable bonds is 8. The molecule has 0 saturated heterocycles. The maximum Gasteiger partial charge on any atom is 0.239 e. The van der Waals surface area contributed by atoms with Crippen LogP contribution in [0.25, 0.3) is 0 Å². The van der Waals surface area contributed by atoms with E-state index in [-0.39, 0.29) is 31.2 Å². The molecule has 0 atom stereocenters. The van der Waals surface area contributed by atoms with Crippen LogP contribution in [0.2, 0.25) is 0 Å². The number of halogens is 1. The summed E-state index contributed by atoms with van der Waals surface area (Å²) in [5, 5.41) is 5.09. The third-order valence-electron chi connectivity index (χ3n) is 3.69. The molecule has 0 heterocycles. The van der Waals surface area contributed by atoms with Gasteiger partial charge in [0.25, 0.3) is 0 Å². The Balaban J connectivity index is 1.79. The topological polar surface area (TPSA) is 76.7 Å². The summed E-state index contributed by atoms with van der Waals surface area (Å²) < 4.78 is 23.8. The molecule has 138 valence electrons. The van der Waals surface area contributed by atoms with E-state index in [0.717, 1.165) is 5.56 Å². The quantitative estimate of drug-likeness (QED) is 0.753. The summed E-state index contributed by atoms with van der Waals surface area (Å²) in [5.74, 6) is 0.0158. The van der Waals surface area contributed by atoms with Crippen molar-refractivity contribution in [2.45, 2.75) is 13.0 Å². The van der Waals surface area contributed by atoms with Crippen LogP contribution < -0.4 is 20.1 Å². The molecule has 0 saturated carbocycles. The van der Waals surface area contributed by atoms with E-state index in [1.165, 1.54) is 20.3 Å². The molecule has 0 spiro atoms. The number of hydrogen-bond acceptors (Lipinski definition) is 4. The molecule has 0 fully saturated rings. The van der Waals surface area contributed by atoms with Gasteiger partial charge < -0.3 is 20.1 Å². The lowest BCUT2D eigenvalue weighted by molar-refractivity contribution is -0.125. The van der Waals surface area contributed by atoms with Crippen molar-refractivity contribution in [3.8, 4) is 11.5 Å². The van der Waals surface area contributed by atoms with Gasteiger partial charge in [0.1, 0.15) is 5.82 Å². The average molecular weight is 360 g/mol. The van der Waals surface area contributed by atoms with Gasteiger partial charge in [-0.2, -0.15) is 0 Å². The Morgan fingerprint density at radius 1 is 0.962 bits per heavy atom. The zero-order chi connectivity index (χ0) is 18.9. The van der Waals surface area contributed by atoms with Crippen LogP contribution in [-0.4, -0.2) is 32.6 Å². The zero-order valence-electron chi connectivity index (χ0n) is 14.7. The van der Waals surface area contributed by atoms with E-state index < -0.39 is 5.91 Å². The summed E-state index contributed by atoms with van der Waals surface area (Å²) in [6, 6.07) is 11.3. The van der Waals surface area contributed by atoms with Gasteiger partial charge in [-0.1, -0.05) is 24.3 Å². The lowest BCUT2D eigenvalue weighted by atomic mass is 10.1. The molecule has 6 nitrogen and oxygen atoms in total. The highest BCUT2D eigenvalue weighted by Gasteiger charge is 2.10. The van der Waals surface area contributed by atoms with E-state index in [1.807, 2.05) is 0 Å². The van der Waals surface area contributed by atoms with E-state index in [2.05, 4.69) is 10.6 Å². The Hall–Kier alpha value is -3.09. The van der Waals surface area contributed by atoms with Gasteiger partial charge in [-0.05, 0) is 23.8 Å². The third kappa shape index (κ3) is 5.47. The Morgan fingerprint density at radius 2 is 1.69 bits per heavy atom. The number of carbonyl (C=O) groups excluding carboxylic acids is 2. The van der Waals surface area contributed by atoms with Crippen molar-refractivity contribution in [1.29, 1.82) is 0 Å². The molecular formula is C19H21FN2O4. The number of hydrogen-bond donors (Lipinski definition) is 2. The molecule has 2 aromatic rings. The molecule has 0 aliphatic rings. The highest BCUT2D eigenvalue weighted by molar-refractivity contribution is 5.85. The number of carbonyl (C=O) groups is 2. The monoisotopic (exact) mass is 360 g/mol. The van der Waals surface area contributed by atoms with Crippen LogP contribution in [0, 0.1) is 5.82 Å². The Bertz CT molecular complexity index is 780. The maximum absolute atomic E-state index is 13.5. The fourth-order valence-electron chi connectivity index (χ4n) is 2.32. The van der Waals surface area contributed by atoms with E-state index in [9.17, 15) is 14.0 Å². The molecule has 0 radical (unpaired) electrons. The fourth-order valence-corrected chi connectivity index (χ4v) is 2.32. The molecule has 0 aliphatic carbocycles. The molecule has 2 rings (SSSR count). The lowest BCUT2D eigenvalue weighted by Crippen LogP contribution is -2.37. The van der Waals surface area contributed by atoms with Gasteiger partial charge in [-0.15, -0.1) is 0 Å². The number of methoxy groups -OCH3 is 2. The van der Waals surface area contributed by atoms with Crippen LogP contribution in [-0.2, 0) is 22.6 Å². The van der Waals surface area contributed by atoms with Gasteiger partial charge in [0, 0.05) is 12.1 Å². The van der Waals surface area contributed by atoms with E-state index in [1.54, 1.807) is 36.4 Å². The summed E-state index contributed by atoms with van der Waals surface area (Å²) in [7, 11) is 3.05. The van der Waals surface area contributed by atoms with Crippen molar-refractivity contribution in [3.05, 3.63) is 59.4 Å². The summed E-state index contributed by atoms with van der Waals surface area (Å²) in [6.07, 6.45) is 0.0982. The molecule has 2 aromatic carbocycles. The number of nitrogens with one attached hydrogen (secondary N) is 2.